The van der Waals surface area contributed by atoms with E-state index < -0.39 is 11.8 Å². The molecule has 2 aromatic rings. The van der Waals surface area contributed by atoms with Crippen molar-refractivity contribution in [3.63, 3.8) is 0 Å². The molecule has 0 heterocycles. The van der Waals surface area contributed by atoms with Gasteiger partial charge in [0.2, 0.25) is 5.91 Å². The minimum absolute atomic E-state index is 0.0681. The summed E-state index contributed by atoms with van der Waals surface area (Å²) in [4.78, 5) is 26.8. The number of halogens is 2. The Morgan fingerprint density at radius 1 is 1.19 bits per heavy atom. The van der Waals surface area contributed by atoms with Gasteiger partial charge in [0.25, 0.3) is 5.91 Å². The molecule has 2 rings (SSSR count). The van der Waals surface area contributed by atoms with Gasteiger partial charge < -0.3 is 16.4 Å². The Morgan fingerprint density at radius 3 is 2.44 bits per heavy atom. The van der Waals surface area contributed by atoms with E-state index in [0.29, 0.717) is 23.0 Å². The lowest BCUT2D eigenvalue weighted by Gasteiger charge is -2.31. The molecular weight excluding hydrogens is 405 g/mol. The third-order valence-electron chi connectivity index (χ3n) is 4.07. The predicted molar refractivity (Wildman–Crippen MR) is 114 cm³/mol. The topological polar surface area (TPSA) is 89.4 Å². The van der Waals surface area contributed by atoms with Crippen molar-refractivity contribution in [2.45, 2.75) is 19.5 Å². The molecule has 0 unspecified atom stereocenters. The highest BCUT2D eigenvalue weighted by Crippen LogP contribution is 2.32. The summed E-state index contributed by atoms with van der Waals surface area (Å²) in [7, 11) is 0. The molecule has 0 spiro atoms. The lowest BCUT2D eigenvalue weighted by Crippen LogP contribution is -2.41. The molecular formula is C19H21Cl2N3O2S. The Balaban J connectivity index is 2.63. The van der Waals surface area contributed by atoms with Gasteiger partial charge in [0, 0.05) is 18.3 Å². The number of carbonyl (C=O) groups is 2. The molecule has 0 aliphatic carbocycles. The number of hydrogen-bond acceptors (Lipinski definition) is 4. The number of rotatable bonds is 7. The minimum Gasteiger partial charge on any atom is -0.366 e. The first kappa shape index (κ1) is 21.6. The number of nitrogens with zero attached hydrogens (tertiary/aromatic N) is 1. The zero-order chi connectivity index (χ0) is 20.1. The highest BCUT2D eigenvalue weighted by molar-refractivity contribution is 7.98. The predicted octanol–water partition coefficient (Wildman–Crippen LogP) is 3.95. The Labute approximate surface area is 173 Å². The van der Waals surface area contributed by atoms with Crippen molar-refractivity contribution >= 4 is 52.5 Å². The highest BCUT2D eigenvalue weighted by atomic mass is 35.5. The van der Waals surface area contributed by atoms with Gasteiger partial charge in [0.1, 0.15) is 0 Å². The average molecular weight is 426 g/mol. The molecule has 0 aliphatic heterocycles. The van der Waals surface area contributed by atoms with Crippen molar-refractivity contribution in [3.8, 4) is 0 Å². The lowest BCUT2D eigenvalue weighted by atomic mass is 10.0. The number of carbonyl (C=O) groups excluding carboxylic acids is 2. The van der Waals surface area contributed by atoms with Gasteiger partial charge in [-0.05, 0) is 43.0 Å². The van der Waals surface area contributed by atoms with Crippen LogP contribution in [0.3, 0.4) is 0 Å². The third kappa shape index (κ3) is 4.76. The lowest BCUT2D eigenvalue weighted by molar-refractivity contribution is 0.0956. The number of thioether (sulfide) groups is 1. The summed E-state index contributed by atoms with van der Waals surface area (Å²) in [5, 5.41) is 0.555. The fourth-order valence-corrected chi connectivity index (χ4v) is 3.98. The third-order valence-corrected chi connectivity index (χ3v) is 5.50. The molecule has 0 aromatic heterocycles. The average Bonchev–Trinajstić information content (AvgIpc) is 2.62. The zero-order valence-electron chi connectivity index (χ0n) is 15.0. The molecule has 8 heteroatoms. The molecule has 27 heavy (non-hydrogen) atoms. The van der Waals surface area contributed by atoms with E-state index in [1.807, 2.05) is 19.2 Å². The fourth-order valence-electron chi connectivity index (χ4n) is 2.80. The summed E-state index contributed by atoms with van der Waals surface area (Å²) < 4.78 is 0. The summed E-state index contributed by atoms with van der Waals surface area (Å²) in [6.45, 7) is 2.24. The first-order valence-electron chi connectivity index (χ1n) is 8.21. The van der Waals surface area contributed by atoms with Crippen LogP contribution in [-0.4, -0.2) is 29.9 Å². The number of nitrogens with two attached hydrogens (primary N) is 2. The van der Waals surface area contributed by atoms with Crippen molar-refractivity contribution in [2.75, 3.05) is 16.9 Å². The van der Waals surface area contributed by atoms with Gasteiger partial charge in [-0.1, -0.05) is 35.3 Å². The smallest absolute Gasteiger partial charge is 0.260 e. The van der Waals surface area contributed by atoms with Crippen LogP contribution in [0.1, 0.15) is 33.2 Å². The van der Waals surface area contributed by atoms with Gasteiger partial charge in [0.05, 0.1) is 26.9 Å². The number of benzene rings is 2. The second kappa shape index (κ2) is 9.46. The fraction of sp³-hybridized carbons (Fsp3) is 0.263. The van der Waals surface area contributed by atoms with Crippen LogP contribution in [0, 0.1) is 0 Å². The Bertz CT molecular complexity index is 861. The maximum Gasteiger partial charge on any atom is 0.260 e. The van der Waals surface area contributed by atoms with E-state index in [-0.39, 0.29) is 22.2 Å². The summed E-state index contributed by atoms with van der Waals surface area (Å²) in [5.74, 6) is -0.488. The van der Waals surface area contributed by atoms with Crippen LogP contribution >= 0.6 is 35.0 Å². The van der Waals surface area contributed by atoms with Crippen molar-refractivity contribution < 1.29 is 9.59 Å². The molecule has 1 atom stereocenters. The number of hydrogen-bond donors (Lipinski definition) is 2. The normalized spacial score (nSPS) is 11.9. The van der Waals surface area contributed by atoms with Crippen LogP contribution in [-0.2, 0) is 6.54 Å². The first-order chi connectivity index (χ1) is 12.8. The van der Waals surface area contributed by atoms with E-state index >= 15 is 0 Å². The van der Waals surface area contributed by atoms with Crippen molar-refractivity contribution in [1.29, 1.82) is 0 Å². The van der Waals surface area contributed by atoms with Gasteiger partial charge in [-0.2, -0.15) is 11.8 Å². The number of anilines is 1. The molecule has 2 aromatic carbocycles. The maximum atomic E-state index is 13.5. The van der Waals surface area contributed by atoms with Crippen LogP contribution in [0.15, 0.2) is 36.4 Å². The molecule has 5 nitrogen and oxygen atoms in total. The van der Waals surface area contributed by atoms with E-state index in [9.17, 15) is 9.59 Å². The molecule has 0 fully saturated rings. The van der Waals surface area contributed by atoms with E-state index in [1.54, 1.807) is 40.9 Å². The second-order valence-corrected chi connectivity index (χ2v) is 7.72. The van der Waals surface area contributed by atoms with Crippen LogP contribution in [0.25, 0.3) is 0 Å². The van der Waals surface area contributed by atoms with Crippen LogP contribution in [0.5, 0.6) is 0 Å². The second-order valence-electron chi connectivity index (χ2n) is 6.00. The van der Waals surface area contributed by atoms with Gasteiger partial charge >= 0.3 is 0 Å². The standard InChI is InChI=1S/C19H21Cl2N3O2S/c1-11(10-27-2)24(16-7-6-12(9-22)8-15(16)21)19(26)17-13(18(23)25)4-3-5-14(17)20/h3-8,11H,9-10,22H2,1-2H3,(H2,23,25)/t11-/m0/s1. The van der Waals surface area contributed by atoms with Gasteiger partial charge in [-0.25, -0.2) is 0 Å². The monoisotopic (exact) mass is 425 g/mol. The largest absolute Gasteiger partial charge is 0.366 e. The first-order valence-corrected chi connectivity index (χ1v) is 10.4. The Morgan fingerprint density at radius 2 is 1.89 bits per heavy atom. The van der Waals surface area contributed by atoms with Crippen LogP contribution < -0.4 is 16.4 Å². The number of primary amides is 1. The molecule has 4 N–H and O–H groups in total. The van der Waals surface area contributed by atoms with Gasteiger partial charge in [-0.15, -0.1) is 0 Å². The molecule has 0 bridgehead atoms. The quantitative estimate of drug-likeness (QED) is 0.702. The SMILES string of the molecule is CSC[C@H](C)N(C(=O)c1c(Cl)cccc1C(N)=O)c1ccc(CN)cc1Cl. The van der Waals surface area contributed by atoms with E-state index in [2.05, 4.69) is 0 Å². The van der Waals surface area contributed by atoms with Crippen LogP contribution in [0.4, 0.5) is 5.69 Å². The van der Waals surface area contributed by atoms with Gasteiger partial charge in [-0.3, -0.25) is 9.59 Å². The Hall–Kier alpha value is -1.73. The van der Waals surface area contributed by atoms with E-state index in [1.165, 1.54) is 6.07 Å². The van der Waals surface area contributed by atoms with E-state index in [0.717, 1.165) is 5.56 Å². The molecule has 2 amide bonds. The molecule has 0 aliphatic rings. The van der Waals surface area contributed by atoms with Gasteiger partial charge in [0.15, 0.2) is 0 Å². The zero-order valence-corrected chi connectivity index (χ0v) is 17.4. The molecule has 144 valence electrons. The van der Waals surface area contributed by atoms with E-state index in [4.69, 9.17) is 34.7 Å². The summed E-state index contributed by atoms with van der Waals surface area (Å²) >= 11 is 14.3. The van der Waals surface area contributed by atoms with Crippen molar-refractivity contribution in [1.82, 2.24) is 0 Å². The van der Waals surface area contributed by atoms with Crippen LogP contribution in [0.2, 0.25) is 10.0 Å². The summed E-state index contributed by atoms with van der Waals surface area (Å²) in [6.07, 6.45) is 1.95. The Kier molecular flexibility index (Phi) is 7.56. The van der Waals surface area contributed by atoms with Crippen molar-refractivity contribution in [3.05, 3.63) is 63.1 Å². The molecule has 0 radical (unpaired) electrons. The summed E-state index contributed by atoms with van der Waals surface area (Å²) in [5.41, 5.74) is 12.6. The molecule has 0 saturated carbocycles. The van der Waals surface area contributed by atoms with Crippen molar-refractivity contribution in [2.24, 2.45) is 11.5 Å². The number of amides is 2. The minimum atomic E-state index is -0.720. The maximum absolute atomic E-state index is 13.5. The highest BCUT2D eigenvalue weighted by Gasteiger charge is 2.29. The summed E-state index contributed by atoms with van der Waals surface area (Å²) in [6, 6.07) is 9.71. The molecule has 0 saturated heterocycles.